The normalized spacial score (nSPS) is 15.7. The summed E-state index contributed by atoms with van der Waals surface area (Å²) in [5.74, 6) is -0.278. The highest BCUT2D eigenvalue weighted by Crippen LogP contribution is 2.70. The van der Waals surface area contributed by atoms with Gasteiger partial charge in [-0.3, -0.25) is 20.2 Å². The van der Waals surface area contributed by atoms with E-state index in [9.17, 15) is 19.2 Å². The van der Waals surface area contributed by atoms with Gasteiger partial charge in [-0.05, 0) is 25.6 Å². The number of nitrogens with one attached hydrogen (secondary N) is 1. The van der Waals surface area contributed by atoms with Crippen molar-refractivity contribution in [3.63, 3.8) is 0 Å². The topological polar surface area (TPSA) is 145 Å². The van der Waals surface area contributed by atoms with E-state index in [-0.39, 0.29) is 16.8 Å². The summed E-state index contributed by atoms with van der Waals surface area (Å²) in [4.78, 5) is 19.3. The second kappa shape index (κ2) is 8.67. The van der Waals surface area contributed by atoms with Crippen molar-refractivity contribution in [1.82, 2.24) is 5.09 Å². The van der Waals surface area contributed by atoms with E-state index in [1.165, 1.54) is 25.2 Å². The summed E-state index contributed by atoms with van der Waals surface area (Å²) in [5.41, 5.74) is 5.14. The molecule has 0 saturated carbocycles. The zero-order valence-corrected chi connectivity index (χ0v) is 15.2. The summed E-state index contributed by atoms with van der Waals surface area (Å²) >= 11 is 0.0121. The molecule has 0 aliphatic carbocycles. The molecule has 22 heavy (non-hydrogen) atoms. The van der Waals surface area contributed by atoms with Crippen molar-refractivity contribution >= 4 is 30.1 Å². The lowest BCUT2D eigenvalue weighted by atomic mass is 10.2. The Labute approximate surface area is 132 Å². The van der Waals surface area contributed by atoms with Gasteiger partial charge in [0.2, 0.25) is 5.75 Å². The molecule has 0 fully saturated rings. The molecule has 1 aromatic carbocycles. The molecule has 0 saturated heterocycles. The van der Waals surface area contributed by atoms with Crippen molar-refractivity contribution in [3.8, 4) is 5.75 Å². The van der Waals surface area contributed by atoms with E-state index in [1.54, 1.807) is 6.92 Å². The second-order valence-electron chi connectivity index (χ2n) is 3.69. The van der Waals surface area contributed by atoms with Gasteiger partial charge in [0.05, 0.1) is 15.9 Å². The number of aryl methyl sites for hydroxylation is 1. The maximum atomic E-state index is 12.2. The number of nitrogens with two attached hydrogens (primary N) is 1. The minimum absolute atomic E-state index is 0.0121. The van der Waals surface area contributed by atoms with Crippen LogP contribution in [0.2, 0.25) is 0 Å². The second-order valence-corrected chi connectivity index (χ2v) is 11.6. The fraction of sp³-hybridized carbons (Fsp3) is 0.400. The van der Waals surface area contributed by atoms with Crippen LogP contribution in [0.25, 0.3) is 0 Å². The lowest BCUT2D eigenvalue weighted by Gasteiger charge is -2.18. The van der Waals surface area contributed by atoms with Crippen LogP contribution in [0, 0.1) is 17.0 Å². The Morgan fingerprint density at radius 3 is 2.36 bits per heavy atom. The predicted octanol–water partition coefficient (Wildman–Crippen LogP) is 3.43. The monoisotopic (exact) mass is 371 g/mol. The van der Waals surface area contributed by atoms with Crippen LogP contribution in [0.1, 0.15) is 19.4 Å². The van der Waals surface area contributed by atoms with E-state index in [1.807, 2.05) is 13.8 Å². The molecule has 1 aromatic rings. The Balaban J connectivity index is 0.00000211. The third-order valence-corrected chi connectivity index (χ3v) is 9.62. The Morgan fingerprint density at radius 2 is 1.95 bits per heavy atom. The van der Waals surface area contributed by atoms with Gasteiger partial charge in [-0.25, -0.2) is 9.65 Å². The van der Waals surface area contributed by atoms with Crippen molar-refractivity contribution in [2.45, 2.75) is 20.8 Å². The number of nitro benzene ring substituents is 1. The molecule has 9 nitrogen and oxygen atoms in total. The number of benzene rings is 1. The highest BCUT2D eigenvalue weighted by Gasteiger charge is 2.35. The molecule has 0 heterocycles. The van der Waals surface area contributed by atoms with Gasteiger partial charge in [0.15, 0.2) is 0 Å². The lowest BCUT2D eigenvalue weighted by molar-refractivity contribution is -0.385. The standard InChI is InChI=1S/C8H13N3O6P2S.C2H6/c1-6-3-4-8(7(5-6)11(12)13)17-19(16,10-2)20-18(9,14)15;1-2/h3-5H,1-2H3,(H,10,16)(H3,9,14,15);1-2H3. The molecule has 2 unspecified atom stereocenters. The third-order valence-electron chi connectivity index (χ3n) is 2.03. The summed E-state index contributed by atoms with van der Waals surface area (Å²) in [5, 5.41) is 13.1. The fourth-order valence-corrected chi connectivity index (χ4v) is 7.48. The van der Waals surface area contributed by atoms with Crippen molar-refractivity contribution in [2.24, 2.45) is 5.50 Å². The van der Waals surface area contributed by atoms with Crippen LogP contribution in [0.5, 0.6) is 5.75 Å². The molecule has 0 bridgehead atoms. The van der Waals surface area contributed by atoms with E-state index in [0.29, 0.717) is 5.56 Å². The summed E-state index contributed by atoms with van der Waals surface area (Å²) < 4.78 is 28.4. The Morgan fingerprint density at radius 1 is 1.41 bits per heavy atom. The first-order chi connectivity index (χ1) is 10.1. The first kappa shape index (κ1) is 21.1. The smallest absolute Gasteiger partial charge is 0.384 e. The zero-order chi connectivity index (χ0) is 17.6. The van der Waals surface area contributed by atoms with Gasteiger partial charge in [-0.2, -0.15) is 0 Å². The Bertz CT molecular complexity index is 621. The highest BCUT2D eigenvalue weighted by atomic mass is 33.1. The van der Waals surface area contributed by atoms with Crippen LogP contribution < -0.4 is 15.1 Å². The summed E-state index contributed by atoms with van der Waals surface area (Å²) in [7, 11) is 1.23. The van der Waals surface area contributed by atoms with Gasteiger partial charge in [0, 0.05) is 6.07 Å². The zero-order valence-electron chi connectivity index (χ0n) is 12.5. The number of hydrogen-bond acceptors (Lipinski definition) is 6. The van der Waals surface area contributed by atoms with E-state index in [0.717, 1.165) is 0 Å². The Kier molecular flexibility index (Phi) is 8.32. The predicted molar refractivity (Wildman–Crippen MR) is 88.1 cm³/mol. The molecular formula is C10H19N3O6P2S. The first-order valence-corrected chi connectivity index (χ1v) is 11.5. The number of nitrogens with zero attached hydrogens (tertiary/aromatic N) is 1. The van der Waals surface area contributed by atoms with E-state index in [4.69, 9.17) is 14.9 Å². The van der Waals surface area contributed by atoms with Gasteiger partial charge in [-0.1, -0.05) is 19.9 Å². The van der Waals surface area contributed by atoms with Crippen molar-refractivity contribution in [2.75, 3.05) is 7.05 Å². The van der Waals surface area contributed by atoms with E-state index < -0.39 is 24.1 Å². The summed E-state index contributed by atoms with van der Waals surface area (Å²) in [6.07, 6.45) is 0. The van der Waals surface area contributed by atoms with Crippen LogP contribution >= 0.6 is 24.4 Å². The van der Waals surface area contributed by atoms with E-state index in [2.05, 4.69) is 5.09 Å². The molecule has 0 aliphatic heterocycles. The molecule has 1 rings (SSSR count). The van der Waals surface area contributed by atoms with Crippen LogP contribution in [0.4, 0.5) is 5.69 Å². The SMILES string of the molecule is CC.CNP(=O)(Oc1ccc(C)cc1[N+](=O)[O-])SP(N)(=O)O. The molecule has 126 valence electrons. The minimum atomic E-state index is -4.19. The summed E-state index contributed by atoms with van der Waals surface area (Å²) in [6, 6.07) is 4.02. The summed E-state index contributed by atoms with van der Waals surface area (Å²) in [6.45, 7) is -2.45. The van der Waals surface area contributed by atoms with E-state index >= 15 is 0 Å². The quantitative estimate of drug-likeness (QED) is 0.389. The van der Waals surface area contributed by atoms with Gasteiger partial charge in [0.1, 0.15) is 0 Å². The van der Waals surface area contributed by atoms with Crippen molar-refractivity contribution < 1.29 is 23.5 Å². The van der Waals surface area contributed by atoms with Crippen molar-refractivity contribution in [3.05, 3.63) is 33.9 Å². The Hall–Kier alpha value is -0.890. The van der Waals surface area contributed by atoms with Crippen molar-refractivity contribution in [1.29, 1.82) is 0 Å². The lowest BCUT2D eigenvalue weighted by Crippen LogP contribution is -2.08. The maximum absolute atomic E-state index is 12.2. The molecule has 0 aromatic heterocycles. The fourth-order valence-electron chi connectivity index (χ4n) is 1.23. The maximum Gasteiger partial charge on any atom is 0.384 e. The molecule has 0 amide bonds. The molecule has 12 heteroatoms. The largest absolute Gasteiger partial charge is 0.418 e. The average Bonchev–Trinajstić information content (AvgIpc) is 2.41. The van der Waals surface area contributed by atoms with Crippen LogP contribution in [0.3, 0.4) is 0 Å². The molecule has 4 N–H and O–H groups in total. The molecule has 2 atom stereocenters. The van der Waals surface area contributed by atoms with Gasteiger partial charge >= 0.3 is 19.1 Å². The third kappa shape index (κ3) is 6.91. The molecule has 0 aliphatic rings. The van der Waals surface area contributed by atoms with Crippen LogP contribution in [0.15, 0.2) is 18.2 Å². The number of rotatable bonds is 6. The average molecular weight is 371 g/mol. The highest BCUT2D eigenvalue weighted by molar-refractivity contribution is 8.85. The van der Waals surface area contributed by atoms with Gasteiger partial charge in [0.25, 0.3) is 0 Å². The molecular weight excluding hydrogens is 352 g/mol. The first-order valence-electron chi connectivity index (χ1n) is 6.13. The van der Waals surface area contributed by atoms with Crippen LogP contribution in [-0.2, 0) is 9.13 Å². The number of nitro groups is 1. The van der Waals surface area contributed by atoms with Crippen LogP contribution in [-0.4, -0.2) is 16.9 Å². The van der Waals surface area contributed by atoms with Gasteiger partial charge in [-0.15, -0.1) is 0 Å². The van der Waals surface area contributed by atoms with Gasteiger partial charge < -0.3 is 9.42 Å². The molecule has 0 radical (unpaired) electrons. The molecule has 0 spiro atoms. The minimum Gasteiger partial charge on any atom is -0.418 e. The number of hydrogen-bond donors (Lipinski definition) is 3.